The molecule has 2 atom stereocenters. The van der Waals surface area contributed by atoms with Gasteiger partial charge in [0, 0.05) is 25.2 Å². The molecule has 0 bridgehead atoms. The molecule has 4 nitrogen and oxygen atoms in total. The fraction of sp³-hybridized carbons (Fsp3) is 0.571. The minimum Gasteiger partial charge on any atom is -0.332 e. The van der Waals surface area contributed by atoms with Gasteiger partial charge in [-0.2, -0.15) is 0 Å². The van der Waals surface area contributed by atoms with Gasteiger partial charge in [-0.05, 0) is 24.5 Å². The quantitative estimate of drug-likeness (QED) is 0.881. The van der Waals surface area contributed by atoms with E-state index in [1.807, 2.05) is 23.1 Å². The molecular weight excluding hydrogens is 226 g/mol. The van der Waals surface area contributed by atoms with Gasteiger partial charge in [-0.3, -0.25) is 9.78 Å². The number of rotatable bonds is 4. The van der Waals surface area contributed by atoms with Crippen LogP contribution in [0.5, 0.6) is 0 Å². The molecule has 0 aliphatic carbocycles. The third-order valence-electron chi connectivity index (χ3n) is 3.41. The molecule has 1 aliphatic rings. The van der Waals surface area contributed by atoms with Crippen LogP contribution in [-0.4, -0.2) is 28.4 Å². The molecule has 98 valence electrons. The number of amides is 1. The fourth-order valence-electron chi connectivity index (χ4n) is 2.41. The van der Waals surface area contributed by atoms with Gasteiger partial charge in [0.25, 0.3) is 0 Å². The molecule has 18 heavy (non-hydrogen) atoms. The highest BCUT2D eigenvalue weighted by Crippen LogP contribution is 2.31. The lowest BCUT2D eigenvalue weighted by molar-refractivity contribution is -0.129. The Balaban J connectivity index is 2.17. The summed E-state index contributed by atoms with van der Waals surface area (Å²) in [5.41, 5.74) is 7.00. The standard InChI is InChI=1S/C14H21N3O/c1-10(2)6-8-17-13(18)9-11(15)14(17)12-5-3-4-7-16-12/h3-5,7,10-11,14H,6,8-9,15H2,1-2H3. The van der Waals surface area contributed by atoms with Crippen molar-refractivity contribution in [1.82, 2.24) is 9.88 Å². The summed E-state index contributed by atoms with van der Waals surface area (Å²) in [4.78, 5) is 18.2. The first-order chi connectivity index (χ1) is 8.59. The van der Waals surface area contributed by atoms with Crippen molar-refractivity contribution in [3.05, 3.63) is 30.1 Å². The number of hydrogen-bond acceptors (Lipinski definition) is 3. The van der Waals surface area contributed by atoms with Crippen LogP contribution >= 0.6 is 0 Å². The number of nitrogens with zero attached hydrogens (tertiary/aromatic N) is 2. The van der Waals surface area contributed by atoms with Crippen LogP contribution < -0.4 is 5.73 Å². The third-order valence-corrected chi connectivity index (χ3v) is 3.41. The SMILES string of the molecule is CC(C)CCN1C(=O)CC(N)C1c1ccccn1. The van der Waals surface area contributed by atoms with E-state index in [1.165, 1.54) is 0 Å². The van der Waals surface area contributed by atoms with Crippen molar-refractivity contribution in [3.8, 4) is 0 Å². The lowest BCUT2D eigenvalue weighted by atomic mass is 10.1. The summed E-state index contributed by atoms with van der Waals surface area (Å²) in [5, 5.41) is 0. The van der Waals surface area contributed by atoms with Crippen LogP contribution in [0.15, 0.2) is 24.4 Å². The normalized spacial score (nSPS) is 24.0. The average Bonchev–Trinajstić information content (AvgIpc) is 2.62. The Hall–Kier alpha value is -1.42. The van der Waals surface area contributed by atoms with E-state index >= 15 is 0 Å². The number of pyridine rings is 1. The zero-order chi connectivity index (χ0) is 13.1. The van der Waals surface area contributed by atoms with Crippen LogP contribution in [-0.2, 0) is 4.79 Å². The van der Waals surface area contributed by atoms with Gasteiger partial charge in [-0.25, -0.2) is 0 Å². The smallest absolute Gasteiger partial charge is 0.224 e. The third kappa shape index (κ3) is 2.70. The van der Waals surface area contributed by atoms with Crippen LogP contribution in [0.3, 0.4) is 0 Å². The molecule has 1 aromatic rings. The molecule has 1 aliphatic heterocycles. The molecule has 0 radical (unpaired) electrons. The van der Waals surface area contributed by atoms with Crippen molar-refractivity contribution in [3.63, 3.8) is 0 Å². The Morgan fingerprint density at radius 2 is 2.28 bits per heavy atom. The van der Waals surface area contributed by atoms with Gasteiger partial charge in [0.1, 0.15) is 0 Å². The molecule has 0 spiro atoms. The molecular formula is C14H21N3O. The monoisotopic (exact) mass is 247 g/mol. The largest absolute Gasteiger partial charge is 0.332 e. The summed E-state index contributed by atoms with van der Waals surface area (Å²) >= 11 is 0. The topological polar surface area (TPSA) is 59.2 Å². The number of likely N-dealkylation sites (tertiary alicyclic amines) is 1. The van der Waals surface area contributed by atoms with Crippen molar-refractivity contribution in [1.29, 1.82) is 0 Å². The van der Waals surface area contributed by atoms with Crippen LogP contribution in [0.25, 0.3) is 0 Å². The van der Waals surface area contributed by atoms with Crippen molar-refractivity contribution in [2.75, 3.05) is 6.54 Å². The van der Waals surface area contributed by atoms with Gasteiger partial charge in [0.2, 0.25) is 5.91 Å². The van der Waals surface area contributed by atoms with Crippen molar-refractivity contribution in [2.45, 2.75) is 38.8 Å². The molecule has 2 rings (SSSR count). The van der Waals surface area contributed by atoms with E-state index in [0.29, 0.717) is 12.3 Å². The van der Waals surface area contributed by atoms with Gasteiger partial charge < -0.3 is 10.6 Å². The van der Waals surface area contributed by atoms with Crippen LogP contribution in [0.1, 0.15) is 38.4 Å². The van der Waals surface area contributed by atoms with E-state index in [1.54, 1.807) is 6.20 Å². The summed E-state index contributed by atoms with van der Waals surface area (Å²) in [6, 6.07) is 5.57. The number of nitrogens with two attached hydrogens (primary N) is 1. The molecule has 0 saturated carbocycles. The van der Waals surface area contributed by atoms with Gasteiger partial charge >= 0.3 is 0 Å². The van der Waals surface area contributed by atoms with E-state index in [-0.39, 0.29) is 18.0 Å². The molecule has 2 heterocycles. The van der Waals surface area contributed by atoms with E-state index in [0.717, 1.165) is 18.7 Å². The number of carbonyl (C=O) groups excluding carboxylic acids is 1. The molecule has 0 aromatic carbocycles. The molecule has 1 aromatic heterocycles. The summed E-state index contributed by atoms with van der Waals surface area (Å²) in [6.45, 7) is 5.10. The van der Waals surface area contributed by atoms with Crippen LogP contribution in [0, 0.1) is 5.92 Å². The molecule has 2 N–H and O–H groups in total. The summed E-state index contributed by atoms with van der Waals surface area (Å²) in [6.07, 6.45) is 3.19. The highest BCUT2D eigenvalue weighted by Gasteiger charge is 2.38. The number of carbonyl (C=O) groups is 1. The first kappa shape index (κ1) is 13.0. The maximum Gasteiger partial charge on any atom is 0.224 e. The lowest BCUT2D eigenvalue weighted by Gasteiger charge is -2.27. The predicted molar refractivity (Wildman–Crippen MR) is 70.7 cm³/mol. The second-order valence-corrected chi connectivity index (χ2v) is 5.34. The molecule has 4 heteroatoms. The van der Waals surface area contributed by atoms with Gasteiger partial charge in [0.05, 0.1) is 11.7 Å². The Labute approximate surface area is 108 Å². The Kier molecular flexibility index (Phi) is 3.97. The average molecular weight is 247 g/mol. The predicted octanol–water partition coefficient (Wildman–Crippen LogP) is 1.73. The Bertz CT molecular complexity index is 405. The minimum atomic E-state index is -0.139. The second kappa shape index (κ2) is 5.48. The zero-order valence-electron chi connectivity index (χ0n) is 11.0. The number of hydrogen-bond donors (Lipinski definition) is 1. The maximum atomic E-state index is 12.0. The summed E-state index contributed by atoms with van der Waals surface area (Å²) < 4.78 is 0. The fourth-order valence-corrected chi connectivity index (χ4v) is 2.41. The maximum absolute atomic E-state index is 12.0. The first-order valence-electron chi connectivity index (χ1n) is 6.55. The second-order valence-electron chi connectivity index (χ2n) is 5.34. The highest BCUT2D eigenvalue weighted by atomic mass is 16.2. The molecule has 1 amide bonds. The number of aromatic nitrogens is 1. The molecule has 1 fully saturated rings. The van der Waals surface area contributed by atoms with Crippen molar-refractivity contribution >= 4 is 5.91 Å². The molecule has 1 saturated heterocycles. The van der Waals surface area contributed by atoms with E-state index in [4.69, 9.17) is 5.73 Å². The van der Waals surface area contributed by atoms with Gasteiger partial charge in [0.15, 0.2) is 0 Å². The minimum absolute atomic E-state index is 0.0579. The van der Waals surface area contributed by atoms with Crippen molar-refractivity contribution in [2.24, 2.45) is 11.7 Å². The highest BCUT2D eigenvalue weighted by molar-refractivity contribution is 5.80. The van der Waals surface area contributed by atoms with Gasteiger partial charge in [-0.15, -0.1) is 0 Å². The van der Waals surface area contributed by atoms with E-state index in [2.05, 4.69) is 18.8 Å². The summed E-state index contributed by atoms with van der Waals surface area (Å²) in [5.74, 6) is 0.734. The molecule has 2 unspecified atom stereocenters. The first-order valence-corrected chi connectivity index (χ1v) is 6.55. The van der Waals surface area contributed by atoms with Crippen LogP contribution in [0.2, 0.25) is 0 Å². The van der Waals surface area contributed by atoms with Crippen LogP contribution in [0.4, 0.5) is 0 Å². The summed E-state index contributed by atoms with van der Waals surface area (Å²) in [7, 11) is 0. The zero-order valence-corrected chi connectivity index (χ0v) is 11.0. The Morgan fingerprint density at radius 1 is 1.50 bits per heavy atom. The van der Waals surface area contributed by atoms with Gasteiger partial charge in [-0.1, -0.05) is 19.9 Å². The van der Waals surface area contributed by atoms with Crippen molar-refractivity contribution < 1.29 is 4.79 Å². The van der Waals surface area contributed by atoms with E-state index < -0.39 is 0 Å². The Morgan fingerprint density at radius 3 is 2.89 bits per heavy atom. The lowest BCUT2D eigenvalue weighted by Crippen LogP contribution is -2.34. The van der Waals surface area contributed by atoms with E-state index in [9.17, 15) is 4.79 Å².